The maximum Gasteiger partial charge on any atom is 0.306 e. The van der Waals surface area contributed by atoms with Crippen molar-refractivity contribution in [1.82, 2.24) is 0 Å². The number of carbonyl (C=O) groups excluding carboxylic acids is 3. The first kappa shape index (κ1) is 68.4. The molecule has 0 saturated heterocycles. The normalized spacial score (nSPS) is 12.1. The minimum absolute atomic E-state index is 0.0626. The van der Waals surface area contributed by atoms with E-state index in [9.17, 15) is 14.4 Å². The molecule has 0 bridgehead atoms. The highest BCUT2D eigenvalue weighted by Crippen LogP contribution is 2.19. The number of hydrogen-bond acceptors (Lipinski definition) is 6. The zero-order chi connectivity index (χ0) is 51.2. The molecule has 416 valence electrons. The van der Waals surface area contributed by atoms with Gasteiger partial charge < -0.3 is 14.2 Å². The van der Waals surface area contributed by atoms with Crippen LogP contribution in [0.5, 0.6) is 0 Å². The van der Waals surface area contributed by atoms with Crippen molar-refractivity contribution in [2.45, 2.75) is 362 Å². The van der Waals surface area contributed by atoms with Crippen molar-refractivity contribution < 1.29 is 28.6 Å². The number of rotatable bonds is 57. The Kier molecular flexibility index (Phi) is 53.9. The van der Waals surface area contributed by atoms with Crippen LogP contribution in [-0.2, 0) is 28.6 Å². The van der Waals surface area contributed by atoms with Gasteiger partial charge in [0, 0.05) is 19.3 Å². The Bertz CT molecular complexity index is 1090. The summed E-state index contributed by atoms with van der Waals surface area (Å²) in [5, 5.41) is 0. The average molecular weight is 990 g/mol. The molecule has 0 amide bonds. The lowest BCUT2D eigenvalue weighted by molar-refractivity contribution is -0.167. The van der Waals surface area contributed by atoms with E-state index in [2.05, 4.69) is 41.5 Å². The van der Waals surface area contributed by atoms with Gasteiger partial charge in [0.15, 0.2) is 6.10 Å². The van der Waals surface area contributed by atoms with Gasteiger partial charge >= 0.3 is 17.9 Å². The largest absolute Gasteiger partial charge is 0.462 e. The predicted octanol–water partition coefficient (Wildman–Crippen LogP) is 21.1. The van der Waals surface area contributed by atoms with Gasteiger partial charge in [0.2, 0.25) is 0 Å². The fourth-order valence-electron chi connectivity index (χ4n) is 9.88. The van der Waals surface area contributed by atoms with Crippen LogP contribution in [0.25, 0.3) is 0 Å². The molecule has 0 saturated carbocycles. The molecule has 0 aliphatic rings. The van der Waals surface area contributed by atoms with Gasteiger partial charge in [-0.15, -0.1) is 0 Å². The van der Waals surface area contributed by atoms with Gasteiger partial charge in [-0.1, -0.05) is 318 Å². The minimum atomic E-state index is -0.764. The fourth-order valence-corrected chi connectivity index (χ4v) is 9.88. The Morgan fingerprint density at radius 2 is 0.414 bits per heavy atom. The van der Waals surface area contributed by atoms with Crippen molar-refractivity contribution in [3.05, 3.63) is 0 Å². The summed E-state index contributed by atoms with van der Waals surface area (Å²) in [6, 6.07) is 0. The van der Waals surface area contributed by atoms with Gasteiger partial charge in [-0.3, -0.25) is 14.4 Å². The van der Waals surface area contributed by atoms with Crippen molar-refractivity contribution in [1.29, 1.82) is 0 Å². The SMILES string of the molecule is CC(C)CCCCCCCCCCCCCCCCCCC(=O)OC[C@@H](COC(=O)CCCCCCCCCCCCCCCC(C)C)OC(=O)CCCCCCCCCCCCCCCCC(C)C. The summed E-state index contributed by atoms with van der Waals surface area (Å²) in [7, 11) is 0. The van der Waals surface area contributed by atoms with Crippen molar-refractivity contribution >= 4 is 17.9 Å². The maximum atomic E-state index is 12.9. The summed E-state index contributed by atoms with van der Waals surface area (Å²) >= 11 is 0. The molecule has 0 spiro atoms. The smallest absolute Gasteiger partial charge is 0.306 e. The lowest BCUT2D eigenvalue weighted by Gasteiger charge is -2.18. The van der Waals surface area contributed by atoms with E-state index >= 15 is 0 Å². The van der Waals surface area contributed by atoms with Crippen molar-refractivity contribution in [3.8, 4) is 0 Å². The van der Waals surface area contributed by atoms with Gasteiger partial charge in [-0.05, 0) is 37.0 Å². The lowest BCUT2D eigenvalue weighted by atomic mass is 10.0. The van der Waals surface area contributed by atoms with Crippen LogP contribution in [0.15, 0.2) is 0 Å². The lowest BCUT2D eigenvalue weighted by Crippen LogP contribution is -2.30. The molecule has 0 aromatic carbocycles. The Morgan fingerprint density at radius 1 is 0.243 bits per heavy atom. The van der Waals surface area contributed by atoms with Crippen LogP contribution in [0.4, 0.5) is 0 Å². The first-order chi connectivity index (χ1) is 34.1. The van der Waals surface area contributed by atoms with E-state index in [1.165, 1.54) is 238 Å². The van der Waals surface area contributed by atoms with Crippen LogP contribution in [0.1, 0.15) is 356 Å². The highest BCUT2D eigenvalue weighted by Gasteiger charge is 2.19. The van der Waals surface area contributed by atoms with E-state index in [1.54, 1.807) is 0 Å². The molecule has 0 rings (SSSR count). The molecule has 0 unspecified atom stereocenters. The highest BCUT2D eigenvalue weighted by atomic mass is 16.6. The van der Waals surface area contributed by atoms with Gasteiger partial charge in [-0.25, -0.2) is 0 Å². The van der Waals surface area contributed by atoms with Gasteiger partial charge in [0.25, 0.3) is 0 Å². The van der Waals surface area contributed by atoms with E-state index in [4.69, 9.17) is 14.2 Å². The van der Waals surface area contributed by atoms with Crippen LogP contribution in [0.3, 0.4) is 0 Å². The average Bonchev–Trinajstić information content (AvgIpc) is 3.32. The number of hydrogen-bond donors (Lipinski definition) is 0. The van der Waals surface area contributed by atoms with Crippen LogP contribution in [0, 0.1) is 17.8 Å². The number of carbonyl (C=O) groups is 3. The summed E-state index contributed by atoms with van der Waals surface area (Å²) in [4.78, 5) is 38.3. The monoisotopic (exact) mass is 989 g/mol. The summed E-state index contributed by atoms with van der Waals surface area (Å²) in [5.74, 6) is 1.70. The molecule has 0 aromatic heterocycles. The molecule has 6 nitrogen and oxygen atoms in total. The molecule has 70 heavy (non-hydrogen) atoms. The van der Waals surface area contributed by atoms with Crippen molar-refractivity contribution in [3.63, 3.8) is 0 Å². The summed E-state index contributed by atoms with van der Waals surface area (Å²) in [5.41, 5.74) is 0. The second kappa shape index (κ2) is 55.2. The molecule has 0 aliphatic carbocycles. The Hall–Kier alpha value is -1.59. The molecule has 0 aromatic rings. The zero-order valence-electron chi connectivity index (χ0n) is 48.3. The zero-order valence-corrected chi connectivity index (χ0v) is 48.3. The van der Waals surface area contributed by atoms with E-state index in [0.29, 0.717) is 19.3 Å². The van der Waals surface area contributed by atoms with Gasteiger partial charge in [-0.2, -0.15) is 0 Å². The van der Waals surface area contributed by atoms with E-state index in [0.717, 1.165) is 75.5 Å². The standard InChI is InChI=1S/C64H124O6/c1-58(2)50-44-38-32-26-20-14-9-7-8-10-17-23-29-35-41-47-53-62(65)68-56-61(57-69-63(66)54-48-42-36-30-24-19-13-16-22-28-34-40-46-52-60(5)6)70-64(67)55-49-43-37-31-25-18-12-11-15-21-27-33-39-45-51-59(3)4/h58-61H,7-57H2,1-6H3/t61-/m0/s1. The third-order valence-electron chi connectivity index (χ3n) is 14.6. The van der Waals surface area contributed by atoms with Crippen LogP contribution < -0.4 is 0 Å². The molecule has 0 N–H and O–H groups in total. The molecular weight excluding hydrogens is 865 g/mol. The van der Waals surface area contributed by atoms with E-state index < -0.39 is 6.10 Å². The van der Waals surface area contributed by atoms with Gasteiger partial charge in [0.1, 0.15) is 13.2 Å². The van der Waals surface area contributed by atoms with Crippen molar-refractivity contribution in [2.75, 3.05) is 13.2 Å². The number of esters is 3. The number of ether oxygens (including phenoxy) is 3. The third-order valence-corrected chi connectivity index (χ3v) is 14.6. The summed E-state index contributed by atoms with van der Waals surface area (Å²) < 4.78 is 17.0. The second-order valence-electron chi connectivity index (χ2n) is 23.5. The Morgan fingerprint density at radius 3 is 0.614 bits per heavy atom. The van der Waals surface area contributed by atoms with E-state index in [1.807, 2.05) is 0 Å². The molecule has 1 atom stereocenters. The first-order valence-electron chi connectivity index (χ1n) is 31.6. The fraction of sp³-hybridized carbons (Fsp3) is 0.953. The predicted molar refractivity (Wildman–Crippen MR) is 303 cm³/mol. The Labute approximate surface area is 438 Å². The first-order valence-corrected chi connectivity index (χ1v) is 31.6. The highest BCUT2D eigenvalue weighted by molar-refractivity contribution is 5.71. The molecule has 6 heteroatoms. The molecule has 0 heterocycles. The summed E-state index contributed by atoms with van der Waals surface area (Å²) in [6.07, 6.45) is 59.6. The summed E-state index contributed by atoms with van der Waals surface area (Å²) in [6.45, 7) is 13.8. The second-order valence-corrected chi connectivity index (χ2v) is 23.5. The number of unbranched alkanes of at least 4 members (excludes halogenated alkanes) is 40. The van der Waals surface area contributed by atoms with Crippen LogP contribution in [0.2, 0.25) is 0 Å². The van der Waals surface area contributed by atoms with E-state index in [-0.39, 0.29) is 31.1 Å². The van der Waals surface area contributed by atoms with Crippen LogP contribution in [-0.4, -0.2) is 37.2 Å². The quantitative estimate of drug-likeness (QED) is 0.0343. The Balaban J connectivity index is 4.29. The topological polar surface area (TPSA) is 78.9 Å². The van der Waals surface area contributed by atoms with Crippen molar-refractivity contribution in [2.24, 2.45) is 17.8 Å². The van der Waals surface area contributed by atoms with Gasteiger partial charge in [0.05, 0.1) is 0 Å². The molecule has 0 aliphatic heterocycles. The molecular formula is C64H124O6. The molecule has 0 fully saturated rings. The third kappa shape index (κ3) is 57.3. The molecule has 0 radical (unpaired) electrons. The minimum Gasteiger partial charge on any atom is -0.462 e. The van der Waals surface area contributed by atoms with Crippen LogP contribution >= 0.6 is 0 Å². The maximum absolute atomic E-state index is 12.9.